The summed E-state index contributed by atoms with van der Waals surface area (Å²) in [7, 11) is 3.72. The SMILES string of the molecule is CC(=O)C1=C(O)C2(O)C(=O)C3=C(O)c4c(O)c(CC(C)C)cc(N(C)C)c4CC3CC2CC1=O. The number of carbonyl (C=O) groups excluding carboxylic acids is 3. The van der Waals surface area contributed by atoms with Crippen molar-refractivity contribution in [3.05, 3.63) is 39.7 Å². The second-order valence-corrected chi connectivity index (χ2v) is 10.3. The molecule has 1 aromatic carbocycles. The van der Waals surface area contributed by atoms with Gasteiger partial charge in [-0.05, 0) is 55.2 Å². The summed E-state index contributed by atoms with van der Waals surface area (Å²) in [6.45, 7) is 5.11. The van der Waals surface area contributed by atoms with E-state index in [0.29, 0.717) is 24.0 Å². The highest BCUT2D eigenvalue weighted by Gasteiger charge is 2.60. The smallest absolute Gasteiger partial charge is 0.202 e. The lowest BCUT2D eigenvalue weighted by molar-refractivity contribution is -0.147. The van der Waals surface area contributed by atoms with Crippen LogP contribution in [0.25, 0.3) is 5.76 Å². The van der Waals surface area contributed by atoms with Gasteiger partial charge in [-0.2, -0.15) is 0 Å². The summed E-state index contributed by atoms with van der Waals surface area (Å²) in [6, 6.07) is 1.89. The molecule has 3 unspecified atom stereocenters. The second kappa shape index (κ2) is 7.98. The number of fused-ring (bicyclic) bond motifs is 3. The van der Waals surface area contributed by atoms with E-state index < -0.39 is 51.9 Å². The highest BCUT2D eigenvalue weighted by Crippen LogP contribution is 2.53. The molecule has 4 N–H and O–H groups in total. The molecule has 34 heavy (non-hydrogen) atoms. The van der Waals surface area contributed by atoms with E-state index in [4.69, 9.17) is 0 Å². The topological polar surface area (TPSA) is 135 Å². The largest absolute Gasteiger partial charge is 0.508 e. The molecule has 1 saturated carbocycles. The Hall–Kier alpha value is -3.13. The van der Waals surface area contributed by atoms with Crippen LogP contribution >= 0.6 is 0 Å². The Morgan fingerprint density at radius 3 is 2.38 bits per heavy atom. The number of hydrogen-bond donors (Lipinski definition) is 4. The van der Waals surface area contributed by atoms with Gasteiger partial charge in [-0.3, -0.25) is 14.4 Å². The van der Waals surface area contributed by atoms with Crippen molar-refractivity contribution >= 4 is 28.8 Å². The van der Waals surface area contributed by atoms with Gasteiger partial charge in [0.2, 0.25) is 5.78 Å². The van der Waals surface area contributed by atoms with Gasteiger partial charge >= 0.3 is 0 Å². The minimum Gasteiger partial charge on any atom is -0.508 e. The first-order valence-corrected chi connectivity index (χ1v) is 11.5. The molecule has 8 heteroatoms. The summed E-state index contributed by atoms with van der Waals surface area (Å²) in [6.07, 6.45) is 0.773. The summed E-state index contributed by atoms with van der Waals surface area (Å²) in [4.78, 5) is 40.0. The van der Waals surface area contributed by atoms with Crippen molar-refractivity contribution in [1.82, 2.24) is 0 Å². The van der Waals surface area contributed by atoms with Crippen LogP contribution in [0.15, 0.2) is 23.0 Å². The van der Waals surface area contributed by atoms with Gasteiger partial charge in [0.15, 0.2) is 17.2 Å². The summed E-state index contributed by atoms with van der Waals surface area (Å²) in [5.41, 5.74) is -0.842. The van der Waals surface area contributed by atoms with Crippen LogP contribution in [-0.2, 0) is 27.2 Å². The lowest BCUT2D eigenvalue weighted by Gasteiger charge is -2.46. The molecule has 4 rings (SSSR count). The molecule has 1 aromatic rings. The molecular weight excluding hydrogens is 438 g/mol. The number of nitrogens with zero attached hydrogens (tertiary/aromatic N) is 1. The van der Waals surface area contributed by atoms with E-state index in [0.717, 1.165) is 12.6 Å². The summed E-state index contributed by atoms with van der Waals surface area (Å²) in [5.74, 6) is -4.95. The molecule has 0 spiro atoms. The highest BCUT2D eigenvalue weighted by atomic mass is 16.3. The van der Waals surface area contributed by atoms with Gasteiger partial charge in [-0.15, -0.1) is 0 Å². The monoisotopic (exact) mass is 469 g/mol. The lowest BCUT2D eigenvalue weighted by Crippen LogP contribution is -2.57. The zero-order valence-electron chi connectivity index (χ0n) is 20.1. The van der Waals surface area contributed by atoms with E-state index in [1.165, 1.54) is 0 Å². The Labute approximate surface area is 198 Å². The molecule has 0 bridgehead atoms. The number of ketones is 3. The van der Waals surface area contributed by atoms with Crippen molar-refractivity contribution in [1.29, 1.82) is 0 Å². The molecule has 8 nitrogen and oxygen atoms in total. The van der Waals surface area contributed by atoms with Crippen LogP contribution in [0.2, 0.25) is 0 Å². The molecule has 0 heterocycles. The van der Waals surface area contributed by atoms with Crippen LogP contribution in [0.1, 0.15) is 50.3 Å². The number of Topliss-reactive ketones (excluding diaryl/α,β-unsaturated/α-hetero) is 3. The maximum Gasteiger partial charge on any atom is 0.202 e. The van der Waals surface area contributed by atoms with Gasteiger partial charge in [0, 0.05) is 37.7 Å². The average molecular weight is 470 g/mol. The predicted octanol–water partition coefficient (Wildman–Crippen LogP) is 2.79. The van der Waals surface area contributed by atoms with Crippen LogP contribution in [-0.4, -0.2) is 57.5 Å². The lowest BCUT2D eigenvalue weighted by atomic mass is 9.59. The number of allylic oxidation sites excluding steroid dienone is 1. The summed E-state index contributed by atoms with van der Waals surface area (Å²) >= 11 is 0. The number of aliphatic hydroxyl groups is 3. The first kappa shape index (κ1) is 24.0. The molecule has 0 amide bonds. The third-order valence-electron chi connectivity index (χ3n) is 7.33. The standard InChI is InChI=1S/C26H31NO7/c1-11(2)6-14-9-17(27(4)5)16-8-13-7-15-10-18(29)19(12(3)28)24(32)26(15,34)25(33)20(13)23(31)21(16)22(14)30/h9,11,13,15,30-32,34H,6-8,10H2,1-5H3. The Morgan fingerprint density at radius 2 is 1.82 bits per heavy atom. The van der Waals surface area contributed by atoms with Crippen molar-refractivity contribution < 1.29 is 34.8 Å². The molecule has 0 saturated heterocycles. The van der Waals surface area contributed by atoms with Gasteiger partial charge < -0.3 is 25.3 Å². The Morgan fingerprint density at radius 1 is 1.18 bits per heavy atom. The number of phenolic OH excluding ortho intramolecular Hbond substituents is 1. The molecule has 0 aromatic heterocycles. The number of benzene rings is 1. The van der Waals surface area contributed by atoms with Crippen LogP contribution < -0.4 is 4.90 Å². The number of rotatable bonds is 4. The van der Waals surface area contributed by atoms with Crippen molar-refractivity contribution in [2.75, 3.05) is 19.0 Å². The highest BCUT2D eigenvalue weighted by molar-refractivity contribution is 6.23. The predicted molar refractivity (Wildman–Crippen MR) is 126 cm³/mol. The maximum absolute atomic E-state index is 13.6. The summed E-state index contributed by atoms with van der Waals surface area (Å²) in [5, 5.41) is 44.5. The number of aromatic hydroxyl groups is 1. The Bertz CT molecular complexity index is 1190. The fourth-order valence-corrected chi connectivity index (χ4v) is 5.83. The Balaban J connectivity index is 1.96. The second-order valence-electron chi connectivity index (χ2n) is 10.3. The average Bonchev–Trinajstić information content (AvgIpc) is 2.71. The maximum atomic E-state index is 13.6. The zero-order chi connectivity index (χ0) is 25.3. The van der Waals surface area contributed by atoms with Crippen molar-refractivity contribution in [3.8, 4) is 5.75 Å². The van der Waals surface area contributed by atoms with E-state index >= 15 is 0 Å². The van der Waals surface area contributed by atoms with Gasteiger partial charge in [0.05, 0.1) is 5.56 Å². The van der Waals surface area contributed by atoms with Gasteiger partial charge in [-0.1, -0.05) is 13.8 Å². The van der Waals surface area contributed by atoms with Gasteiger partial charge in [0.1, 0.15) is 22.8 Å². The van der Waals surface area contributed by atoms with Crippen LogP contribution in [0.3, 0.4) is 0 Å². The number of aliphatic hydroxyl groups excluding tert-OH is 2. The van der Waals surface area contributed by atoms with Crippen molar-refractivity contribution in [2.24, 2.45) is 17.8 Å². The van der Waals surface area contributed by atoms with Crippen molar-refractivity contribution in [3.63, 3.8) is 0 Å². The van der Waals surface area contributed by atoms with Crippen LogP contribution in [0.4, 0.5) is 5.69 Å². The quantitative estimate of drug-likeness (QED) is 0.495. The normalized spacial score (nSPS) is 26.4. The molecule has 182 valence electrons. The fourth-order valence-electron chi connectivity index (χ4n) is 5.83. The van der Waals surface area contributed by atoms with Crippen LogP contribution in [0.5, 0.6) is 5.75 Å². The number of hydrogen-bond acceptors (Lipinski definition) is 8. The molecule has 3 aliphatic rings. The molecular formula is C26H31NO7. The minimum atomic E-state index is -2.47. The minimum absolute atomic E-state index is 0.0863. The number of anilines is 1. The third-order valence-corrected chi connectivity index (χ3v) is 7.33. The number of carbonyl (C=O) groups is 3. The first-order chi connectivity index (χ1) is 15.8. The van der Waals surface area contributed by atoms with Gasteiger partial charge in [0.25, 0.3) is 0 Å². The van der Waals surface area contributed by atoms with E-state index in [9.17, 15) is 34.8 Å². The first-order valence-electron chi connectivity index (χ1n) is 11.5. The van der Waals surface area contributed by atoms with Crippen molar-refractivity contribution in [2.45, 2.75) is 52.1 Å². The third kappa shape index (κ3) is 3.27. The van der Waals surface area contributed by atoms with Gasteiger partial charge in [-0.25, -0.2) is 0 Å². The van der Waals surface area contributed by atoms with E-state index in [1.807, 2.05) is 38.9 Å². The van der Waals surface area contributed by atoms with E-state index in [2.05, 4.69) is 0 Å². The molecule has 3 atom stereocenters. The molecule has 1 fully saturated rings. The fraction of sp³-hybridized carbons (Fsp3) is 0.500. The molecule has 0 radical (unpaired) electrons. The van der Waals surface area contributed by atoms with Crippen LogP contribution in [0, 0.1) is 17.8 Å². The van der Waals surface area contributed by atoms with E-state index in [-0.39, 0.29) is 35.6 Å². The van der Waals surface area contributed by atoms with E-state index in [1.54, 1.807) is 0 Å². The Kier molecular flexibility index (Phi) is 5.63. The summed E-state index contributed by atoms with van der Waals surface area (Å²) < 4.78 is 0. The number of phenols is 1. The molecule has 3 aliphatic carbocycles. The molecule has 0 aliphatic heterocycles. The zero-order valence-corrected chi connectivity index (χ0v) is 20.1.